The summed E-state index contributed by atoms with van der Waals surface area (Å²) in [6.45, 7) is 2.48. The number of para-hydroxylation sites is 1. The van der Waals surface area contributed by atoms with Gasteiger partial charge in [0, 0.05) is 24.6 Å². The predicted molar refractivity (Wildman–Crippen MR) is 125 cm³/mol. The summed E-state index contributed by atoms with van der Waals surface area (Å²) in [5, 5.41) is 12.4. The van der Waals surface area contributed by atoms with Gasteiger partial charge in [-0.05, 0) is 42.8 Å². The Morgan fingerprint density at radius 3 is 2.62 bits per heavy atom. The van der Waals surface area contributed by atoms with Crippen LogP contribution in [0.2, 0.25) is 0 Å². The molecule has 7 nitrogen and oxygen atoms in total. The molecule has 0 atom stereocenters. The molecular formula is C24H23N5O2S. The first-order valence-corrected chi connectivity index (χ1v) is 11.1. The number of nitrogens with one attached hydrogen (secondary N) is 1. The van der Waals surface area contributed by atoms with E-state index >= 15 is 0 Å². The van der Waals surface area contributed by atoms with Gasteiger partial charge in [0.2, 0.25) is 5.91 Å². The summed E-state index contributed by atoms with van der Waals surface area (Å²) >= 11 is 1.34. The number of pyridine rings is 1. The summed E-state index contributed by atoms with van der Waals surface area (Å²) in [5.41, 5.74) is 3.85. The maximum Gasteiger partial charge on any atom is 0.230 e. The molecule has 0 fully saturated rings. The number of carbonyl (C=O) groups is 1. The maximum atomic E-state index is 12.4. The van der Waals surface area contributed by atoms with Gasteiger partial charge in [0.05, 0.1) is 18.4 Å². The molecule has 4 rings (SSSR count). The summed E-state index contributed by atoms with van der Waals surface area (Å²) in [5.74, 6) is 1.50. The van der Waals surface area contributed by atoms with Gasteiger partial charge in [0.15, 0.2) is 11.0 Å². The van der Waals surface area contributed by atoms with Crippen LogP contribution in [0, 0.1) is 6.92 Å². The fourth-order valence-electron chi connectivity index (χ4n) is 3.18. The van der Waals surface area contributed by atoms with E-state index in [-0.39, 0.29) is 11.7 Å². The number of nitrogens with zero attached hydrogens (tertiary/aromatic N) is 4. The molecule has 0 unspecified atom stereocenters. The van der Waals surface area contributed by atoms with Crippen molar-refractivity contribution in [3.8, 4) is 22.8 Å². The lowest BCUT2D eigenvalue weighted by Gasteiger charge is -2.12. The zero-order valence-electron chi connectivity index (χ0n) is 17.9. The highest BCUT2D eigenvalue weighted by Crippen LogP contribution is 2.33. The summed E-state index contributed by atoms with van der Waals surface area (Å²) in [4.78, 5) is 16.5. The zero-order chi connectivity index (χ0) is 22.3. The van der Waals surface area contributed by atoms with E-state index in [1.165, 1.54) is 11.8 Å². The number of carbonyl (C=O) groups excluding carboxylic acids is 1. The molecule has 0 saturated heterocycles. The van der Waals surface area contributed by atoms with Crippen LogP contribution in [0.4, 0.5) is 0 Å². The summed E-state index contributed by atoms with van der Waals surface area (Å²) in [6.07, 6.45) is 3.44. The van der Waals surface area contributed by atoms with Gasteiger partial charge in [0.25, 0.3) is 0 Å². The van der Waals surface area contributed by atoms with E-state index in [9.17, 15) is 4.79 Å². The van der Waals surface area contributed by atoms with Gasteiger partial charge in [0.1, 0.15) is 5.75 Å². The second kappa shape index (κ2) is 10.1. The van der Waals surface area contributed by atoms with Crippen molar-refractivity contribution in [2.75, 3.05) is 12.9 Å². The second-order valence-electron chi connectivity index (χ2n) is 7.10. The van der Waals surface area contributed by atoms with E-state index in [1.54, 1.807) is 19.5 Å². The summed E-state index contributed by atoms with van der Waals surface area (Å²) in [6, 6.07) is 19.6. The molecule has 0 aliphatic rings. The molecule has 2 heterocycles. The number of hydrogen-bond acceptors (Lipinski definition) is 6. The van der Waals surface area contributed by atoms with Crippen LogP contribution in [-0.2, 0) is 11.3 Å². The maximum absolute atomic E-state index is 12.4. The minimum Gasteiger partial charge on any atom is -0.496 e. The fraction of sp³-hybridized carbons (Fsp3) is 0.167. The number of benzene rings is 2. The molecule has 0 saturated carbocycles. The third kappa shape index (κ3) is 4.97. The van der Waals surface area contributed by atoms with Gasteiger partial charge in [-0.25, -0.2) is 0 Å². The number of hydrogen-bond donors (Lipinski definition) is 1. The molecule has 0 aliphatic heterocycles. The first-order chi connectivity index (χ1) is 15.7. The molecule has 1 amide bonds. The number of aryl methyl sites for hydroxylation is 1. The number of rotatable bonds is 8. The van der Waals surface area contributed by atoms with Crippen LogP contribution < -0.4 is 10.1 Å². The Kier molecular flexibility index (Phi) is 6.81. The first kappa shape index (κ1) is 21.6. The van der Waals surface area contributed by atoms with Crippen molar-refractivity contribution in [3.05, 3.63) is 84.2 Å². The van der Waals surface area contributed by atoms with Crippen LogP contribution in [0.1, 0.15) is 11.1 Å². The molecule has 2 aromatic carbocycles. The monoisotopic (exact) mass is 445 g/mol. The van der Waals surface area contributed by atoms with E-state index in [0.717, 1.165) is 22.4 Å². The van der Waals surface area contributed by atoms with E-state index in [4.69, 9.17) is 4.74 Å². The van der Waals surface area contributed by atoms with Crippen molar-refractivity contribution < 1.29 is 9.53 Å². The van der Waals surface area contributed by atoms with Crippen molar-refractivity contribution in [1.82, 2.24) is 25.1 Å². The quantitative estimate of drug-likeness (QED) is 0.412. The van der Waals surface area contributed by atoms with E-state index < -0.39 is 0 Å². The molecule has 0 radical (unpaired) electrons. The lowest BCUT2D eigenvalue weighted by atomic mass is 10.1. The Labute approximate surface area is 190 Å². The van der Waals surface area contributed by atoms with E-state index in [0.29, 0.717) is 23.3 Å². The zero-order valence-corrected chi connectivity index (χ0v) is 18.7. The van der Waals surface area contributed by atoms with Gasteiger partial charge < -0.3 is 10.1 Å². The van der Waals surface area contributed by atoms with E-state index in [2.05, 4.69) is 20.5 Å². The largest absolute Gasteiger partial charge is 0.496 e. The minimum absolute atomic E-state index is 0.0869. The number of aromatic nitrogens is 4. The van der Waals surface area contributed by atoms with Crippen molar-refractivity contribution in [2.45, 2.75) is 18.6 Å². The summed E-state index contributed by atoms with van der Waals surface area (Å²) in [7, 11) is 1.63. The molecule has 162 valence electrons. The van der Waals surface area contributed by atoms with Crippen LogP contribution >= 0.6 is 11.8 Å². The third-order valence-electron chi connectivity index (χ3n) is 4.82. The van der Waals surface area contributed by atoms with Crippen molar-refractivity contribution in [1.29, 1.82) is 0 Å². The number of amides is 1. The standard InChI is InChI=1S/C24H23N5O2S/c1-17-9-11-19(12-10-17)29-23(20-7-3-4-8-21(20)31-2)27-28-24(29)32-16-22(30)26-15-18-6-5-13-25-14-18/h3-14H,15-16H2,1-2H3,(H,26,30). The average Bonchev–Trinajstić information content (AvgIpc) is 3.26. The molecular weight excluding hydrogens is 422 g/mol. The average molecular weight is 446 g/mol. The molecule has 2 aromatic heterocycles. The Balaban J connectivity index is 1.58. The predicted octanol–water partition coefficient (Wildman–Crippen LogP) is 4.05. The molecule has 32 heavy (non-hydrogen) atoms. The van der Waals surface area contributed by atoms with Crippen molar-refractivity contribution >= 4 is 17.7 Å². The van der Waals surface area contributed by atoms with Crippen molar-refractivity contribution in [2.24, 2.45) is 0 Å². The Hall–Kier alpha value is -3.65. The molecule has 1 N–H and O–H groups in total. The van der Waals surface area contributed by atoms with Gasteiger partial charge >= 0.3 is 0 Å². The van der Waals surface area contributed by atoms with Crippen LogP contribution in [0.25, 0.3) is 17.1 Å². The molecule has 8 heteroatoms. The topological polar surface area (TPSA) is 81.9 Å². The lowest BCUT2D eigenvalue weighted by Crippen LogP contribution is -2.24. The van der Waals surface area contributed by atoms with Gasteiger partial charge in [-0.15, -0.1) is 10.2 Å². The number of methoxy groups -OCH3 is 1. The smallest absolute Gasteiger partial charge is 0.230 e. The van der Waals surface area contributed by atoms with Gasteiger partial charge in [-0.3, -0.25) is 14.3 Å². The first-order valence-electron chi connectivity index (χ1n) is 10.1. The highest BCUT2D eigenvalue weighted by Gasteiger charge is 2.19. The highest BCUT2D eigenvalue weighted by molar-refractivity contribution is 7.99. The second-order valence-corrected chi connectivity index (χ2v) is 8.05. The molecule has 0 spiro atoms. The summed E-state index contributed by atoms with van der Waals surface area (Å²) < 4.78 is 7.49. The van der Waals surface area contributed by atoms with Crippen LogP contribution in [-0.4, -0.2) is 38.5 Å². The van der Waals surface area contributed by atoms with Gasteiger partial charge in [-0.2, -0.15) is 0 Å². The van der Waals surface area contributed by atoms with Crippen molar-refractivity contribution in [3.63, 3.8) is 0 Å². The minimum atomic E-state index is -0.0869. The highest BCUT2D eigenvalue weighted by atomic mass is 32.2. The van der Waals surface area contributed by atoms with Crippen LogP contribution in [0.3, 0.4) is 0 Å². The SMILES string of the molecule is COc1ccccc1-c1nnc(SCC(=O)NCc2cccnc2)n1-c1ccc(C)cc1. The Bertz CT molecular complexity index is 1190. The van der Waals surface area contributed by atoms with Gasteiger partial charge in [-0.1, -0.05) is 47.7 Å². The normalized spacial score (nSPS) is 10.7. The molecule has 0 bridgehead atoms. The Morgan fingerprint density at radius 2 is 1.88 bits per heavy atom. The number of thioether (sulfide) groups is 1. The lowest BCUT2D eigenvalue weighted by molar-refractivity contribution is -0.118. The third-order valence-corrected chi connectivity index (χ3v) is 5.75. The van der Waals surface area contributed by atoms with E-state index in [1.807, 2.05) is 72.2 Å². The molecule has 4 aromatic rings. The van der Waals surface area contributed by atoms with Crippen LogP contribution in [0.15, 0.2) is 78.2 Å². The fourth-order valence-corrected chi connectivity index (χ4v) is 3.96. The van der Waals surface area contributed by atoms with Crippen LogP contribution in [0.5, 0.6) is 5.75 Å². The Morgan fingerprint density at radius 1 is 1.06 bits per heavy atom. The molecule has 0 aliphatic carbocycles. The number of ether oxygens (including phenoxy) is 1.